The molecule has 0 aromatic rings. The van der Waals surface area contributed by atoms with E-state index in [0.717, 1.165) is 11.5 Å². The highest BCUT2D eigenvalue weighted by molar-refractivity contribution is 8.32. The molecule has 0 unspecified atom stereocenters. The van der Waals surface area contributed by atoms with Crippen molar-refractivity contribution in [2.24, 2.45) is 0 Å². The summed E-state index contributed by atoms with van der Waals surface area (Å²) in [5, 5.41) is 0. The van der Waals surface area contributed by atoms with E-state index in [0.29, 0.717) is 0 Å². The maximum atomic E-state index is 11.1. The molecule has 0 radical (unpaired) electrons. The van der Waals surface area contributed by atoms with Gasteiger partial charge >= 0.3 is 10.4 Å². The Morgan fingerprint density at radius 3 is 1.85 bits per heavy atom. The first-order chi connectivity index (χ1) is 5.89. The molecule has 0 aromatic carbocycles. The lowest BCUT2D eigenvalue weighted by Gasteiger charge is -2.30. The zero-order valence-electron chi connectivity index (χ0n) is 8.57. The molecule has 6 heteroatoms. The zero-order valence-corrected chi connectivity index (χ0v) is 10.2. The van der Waals surface area contributed by atoms with Crippen LogP contribution in [0, 0.1) is 0 Å². The molecule has 0 heterocycles. The topological polar surface area (TPSA) is 52.6 Å². The van der Waals surface area contributed by atoms with Gasteiger partial charge < -0.3 is 0 Å². The van der Waals surface area contributed by atoms with Gasteiger partial charge in [0.25, 0.3) is 0 Å². The lowest BCUT2D eigenvalue weighted by atomic mass is 10.9. The first-order valence-electron chi connectivity index (χ1n) is 4.23. The zero-order chi connectivity index (χ0) is 10.5. The van der Waals surface area contributed by atoms with Crippen molar-refractivity contribution >= 4 is 20.7 Å². The molecule has 0 aliphatic rings. The van der Waals surface area contributed by atoms with Crippen LogP contribution in [0.3, 0.4) is 0 Å². The molecular formula is C7H18O4S2. The summed E-state index contributed by atoms with van der Waals surface area (Å²) in [6, 6.07) is 0. The molecular weight excluding hydrogens is 212 g/mol. The maximum absolute atomic E-state index is 11.1. The molecule has 0 amide bonds. The molecule has 0 aromatic heterocycles. The quantitative estimate of drug-likeness (QED) is 0.696. The number of rotatable bonds is 6. The molecule has 0 saturated carbocycles. The van der Waals surface area contributed by atoms with Crippen molar-refractivity contribution in [3.63, 3.8) is 0 Å². The Hall–Kier alpha value is 0.220. The van der Waals surface area contributed by atoms with Crippen LogP contribution in [0.4, 0.5) is 0 Å². The smallest absolute Gasteiger partial charge is 0.248 e. The normalized spacial score (nSPS) is 14.5. The summed E-state index contributed by atoms with van der Waals surface area (Å²) in [7, 11) is -5.28. The van der Waals surface area contributed by atoms with Crippen LogP contribution in [-0.2, 0) is 18.2 Å². The Morgan fingerprint density at radius 1 is 1.08 bits per heavy atom. The van der Waals surface area contributed by atoms with Crippen LogP contribution in [0.1, 0.15) is 20.8 Å². The second-order valence-corrected chi connectivity index (χ2v) is 7.76. The highest BCUT2D eigenvalue weighted by Gasteiger charge is 2.23. The standard InChI is InChI=1S/C7H18O4S2/c1-5-10-13(8,9)11-12(4,6-2)7-3/h5-7H2,1-4H3. The van der Waals surface area contributed by atoms with Crippen molar-refractivity contribution in [1.29, 1.82) is 0 Å². The fourth-order valence-electron chi connectivity index (χ4n) is 0.666. The molecule has 0 aliphatic heterocycles. The Morgan fingerprint density at radius 2 is 1.54 bits per heavy atom. The first kappa shape index (κ1) is 13.2. The molecule has 0 N–H and O–H groups in total. The van der Waals surface area contributed by atoms with Gasteiger partial charge in [-0.05, 0) is 24.7 Å². The van der Waals surface area contributed by atoms with Crippen molar-refractivity contribution in [1.82, 2.24) is 0 Å². The number of hydrogen-bond acceptors (Lipinski definition) is 4. The van der Waals surface area contributed by atoms with Gasteiger partial charge in [-0.1, -0.05) is 13.8 Å². The highest BCUT2D eigenvalue weighted by Crippen LogP contribution is 2.46. The van der Waals surface area contributed by atoms with Gasteiger partial charge in [0.1, 0.15) is 0 Å². The predicted molar refractivity (Wildman–Crippen MR) is 56.2 cm³/mol. The minimum absolute atomic E-state index is 0.116. The second kappa shape index (κ2) is 5.19. The van der Waals surface area contributed by atoms with Gasteiger partial charge in [-0.2, -0.15) is 12.0 Å². The van der Waals surface area contributed by atoms with E-state index in [2.05, 4.69) is 4.18 Å². The van der Waals surface area contributed by atoms with E-state index < -0.39 is 20.7 Å². The van der Waals surface area contributed by atoms with Crippen LogP contribution in [0.25, 0.3) is 0 Å². The molecule has 0 spiro atoms. The Kier molecular flexibility index (Phi) is 5.28. The molecule has 0 aliphatic carbocycles. The second-order valence-electron chi connectivity index (χ2n) is 2.64. The monoisotopic (exact) mass is 230 g/mol. The van der Waals surface area contributed by atoms with Crippen molar-refractivity contribution < 1.29 is 16.2 Å². The lowest BCUT2D eigenvalue weighted by molar-refractivity contribution is 0.295. The summed E-state index contributed by atoms with van der Waals surface area (Å²) in [4.78, 5) is 0. The van der Waals surface area contributed by atoms with Crippen molar-refractivity contribution in [2.75, 3.05) is 24.4 Å². The van der Waals surface area contributed by atoms with E-state index in [1.165, 1.54) is 0 Å². The van der Waals surface area contributed by atoms with E-state index in [-0.39, 0.29) is 6.61 Å². The van der Waals surface area contributed by atoms with Crippen LogP contribution >= 0.6 is 10.3 Å². The van der Waals surface area contributed by atoms with E-state index in [1.807, 2.05) is 20.1 Å². The third kappa shape index (κ3) is 4.85. The van der Waals surface area contributed by atoms with Gasteiger partial charge in [0.15, 0.2) is 0 Å². The van der Waals surface area contributed by atoms with Crippen LogP contribution in [0.5, 0.6) is 0 Å². The predicted octanol–water partition coefficient (Wildman–Crippen LogP) is 1.67. The Labute approximate surface area is 82.5 Å². The van der Waals surface area contributed by atoms with E-state index in [9.17, 15) is 8.42 Å². The van der Waals surface area contributed by atoms with Gasteiger partial charge in [-0.15, -0.1) is 10.3 Å². The molecule has 0 atom stereocenters. The van der Waals surface area contributed by atoms with Crippen LogP contribution in [-0.4, -0.2) is 32.8 Å². The van der Waals surface area contributed by atoms with Crippen molar-refractivity contribution in [3.05, 3.63) is 0 Å². The van der Waals surface area contributed by atoms with E-state index >= 15 is 0 Å². The SMILES string of the molecule is CCOS(=O)(=O)OS(C)(CC)CC. The van der Waals surface area contributed by atoms with Gasteiger partial charge in [0.05, 0.1) is 6.61 Å². The largest absolute Gasteiger partial charge is 0.409 e. The molecule has 0 bridgehead atoms. The van der Waals surface area contributed by atoms with Gasteiger partial charge in [0.2, 0.25) is 0 Å². The molecule has 0 rings (SSSR count). The highest BCUT2D eigenvalue weighted by atomic mass is 32.3. The van der Waals surface area contributed by atoms with Crippen molar-refractivity contribution in [2.45, 2.75) is 20.8 Å². The summed E-state index contributed by atoms with van der Waals surface area (Å²) in [6.07, 6.45) is 1.84. The minimum Gasteiger partial charge on any atom is -0.248 e. The van der Waals surface area contributed by atoms with E-state index in [1.54, 1.807) is 6.92 Å². The van der Waals surface area contributed by atoms with Crippen LogP contribution in [0.15, 0.2) is 0 Å². The molecule has 13 heavy (non-hydrogen) atoms. The summed E-state index contributed by atoms with van der Waals surface area (Å²) >= 11 is 0. The number of hydrogen-bond donors (Lipinski definition) is 0. The summed E-state index contributed by atoms with van der Waals surface area (Å²) in [6.45, 7) is 5.57. The summed E-state index contributed by atoms with van der Waals surface area (Å²) in [5.74, 6) is 1.44. The minimum atomic E-state index is -3.78. The van der Waals surface area contributed by atoms with Crippen LogP contribution in [0.2, 0.25) is 0 Å². The fraction of sp³-hybridized carbons (Fsp3) is 1.00. The third-order valence-electron chi connectivity index (χ3n) is 1.73. The maximum Gasteiger partial charge on any atom is 0.409 e. The fourth-order valence-corrected chi connectivity index (χ4v) is 3.90. The first-order valence-corrected chi connectivity index (χ1v) is 7.87. The third-order valence-corrected chi connectivity index (χ3v) is 6.68. The van der Waals surface area contributed by atoms with Gasteiger partial charge in [-0.3, -0.25) is 0 Å². The lowest BCUT2D eigenvalue weighted by Crippen LogP contribution is -2.16. The van der Waals surface area contributed by atoms with Gasteiger partial charge in [-0.25, -0.2) is 4.18 Å². The molecule has 0 fully saturated rings. The summed E-state index contributed by atoms with van der Waals surface area (Å²) in [5.41, 5.74) is 0. The average molecular weight is 230 g/mol. The van der Waals surface area contributed by atoms with Gasteiger partial charge in [0, 0.05) is 0 Å². The Bertz CT molecular complexity index is 231. The van der Waals surface area contributed by atoms with Crippen LogP contribution < -0.4 is 0 Å². The van der Waals surface area contributed by atoms with Crippen molar-refractivity contribution in [3.8, 4) is 0 Å². The Balaban J connectivity index is 4.40. The molecule has 0 saturated heterocycles. The summed E-state index contributed by atoms with van der Waals surface area (Å²) < 4.78 is 31.8. The average Bonchev–Trinajstić information content (AvgIpc) is 2.03. The molecule has 82 valence electrons. The molecule has 4 nitrogen and oxygen atoms in total. The van der Waals surface area contributed by atoms with E-state index in [4.69, 9.17) is 3.63 Å².